The second-order valence-corrected chi connectivity index (χ2v) is 7.82. The molecule has 2 N–H and O–H groups in total. The molecule has 3 heterocycles. The van der Waals surface area contributed by atoms with E-state index in [0.29, 0.717) is 17.4 Å². The zero-order valence-electron chi connectivity index (χ0n) is 17.2. The number of aromatic nitrogens is 4. The van der Waals surface area contributed by atoms with E-state index in [1.165, 1.54) is 12.4 Å². The standard InChI is InChI=1S/C21H25F3N6O/c1-14-3-2-4-17-18(14)28-20(29-19(17)25-9-15-5-7-31-8-6-15)26-10-16-11-27-30(12-16)13-21(22,23)24/h2-4,11-12,15H,5-10,13H2,1H3,(H2,25,26,28,29). The summed E-state index contributed by atoms with van der Waals surface area (Å²) in [7, 11) is 0. The molecule has 1 fully saturated rings. The number of hydrogen-bond acceptors (Lipinski definition) is 6. The first kappa shape index (κ1) is 21.4. The van der Waals surface area contributed by atoms with Gasteiger partial charge in [0, 0.05) is 43.4 Å². The number of anilines is 2. The SMILES string of the molecule is Cc1cccc2c(NCC3CCOCC3)nc(NCc3cnn(CC(F)(F)F)c3)nc12. The zero-order valence-corrected chi connectivity index (χ0v) is 17.2. The lowest BCUT2D eigenvalue weighted by molar-refractivity contribution is -0.142. The van der Waals surface area contributed by atoms with Crippen molar-refractivity contribution in [2.75, 3.05) is 30.4 Å². The summed E-state index contributed by atoms with van der Waals surface area (Å²) in [6.07, 6.45) is 0.511. The third-order valence-corrected chi connectivity index (χ3v) is 5.31. The lowest BCUT2D eigenvalue weighted by Crippen LogP contribution is -2.23. The smallest absolute Gasteiger partial charge is 0.381 e. The Morgan fingerprint density at radius 1 is 1.16 bits per heavy atom. The Bertz CT molecular complexity index is 1030. The Balaban J connectivity index is 1.50. The van der Waals surface area contributed by atoms with Gasteiger partial charge in [0.15, 0.2) is 0 Å². The molecule has 2 aromatic heterocycles. The molecule has 0 amide bonds. The third-order valence-electron chi connectivity index (χ3n) is 5.31. The quantitative estimate of drug-likeness (QED) is 0.582. The summed E-state index contributed by atoms with van der Waals surface area (Å²) < 4.78 is 43.9. The highest BCUT2D eigenvalue weighted by Crippen LogP contribution is 2.26. The molecular formula is C21H25F3N6O. The second-order valence-electron chi connectivity index (χ2n) is 7.82. The molecule has 7 nitrogen and oxygen atoms in total. The number of nitrogens with one attached hydrogen (secondary N) is 2. The molecule has 4 rings (SSSR count). The van der Waals surface area contributed by atoms with Crippen LogP contribution in [0, 0.1) is 12.8 Å². The largest absolute Gasteiger partial charge is 0.408 e. The molecule has 1 aromatic carbocycles. The van der Waals surface area contributed by atoms with Crippen LogP contribution in [0.15, 0.2) is 30.6 Å². The minimum absolute atomic E-state index is 0.272. The summed E-state index contributed by atoms with van der Waals surface area (Å²) in [5.74, 6) is 1.69. The van der Waals surface area contributed by atoms with Gasteiger partial charge in [0.2, 0.25) is 5.95 Å². The number of benzene rings is 1. The van der Waals surface area contributed by atoms with Crippen molar-refractivity contribution >= 4 is 22.7 Å². The van der Waals surface area contributed by atoms with Crippen LogP contribution in [-0.2, 0) is 17.8 Å². The van der Waals surface area contributed by atoms with Crippen molar-refractivity contribution < 1.29 is 17.9 Å². The second kappa shape index (κ2) is 9.09. The Morgan fingerprint density at radius 2 is 1.97 bits per heavy atom. The molecule has 1 saturated heterocycles. The van der Waals surface area contributed by atoms with E-state index in [1.54, 1.807) is 0 Å². The Morgan fingerprint density at radius 3 is 2.74 bits per heavy atom. The van der Waals surface area contributed by atoms with Crippen LogP contribution >= 0.6 is 0 Å². The van der Waals surface area contributed by atoms with Crippen LogP contribution in [0.3, 0.4) is 0 Å². The fourth-order valence-electron chi connectivity index (χ4n) is 3.65. The summed E-state index contributed by atoms with van der Waals surface area (Å²) in [6.45, 7) is 3.51. The predicted molar refractivity (Wildman–Crippen MR) is 112 cm³/mol. The number of nitrogens with zero attached hydrogens (tertiary/aromatic N) is 4. The summed E-state index contributed by atoms with van der Waals surface area (Å²) in [4.78, 5) is 9.26. The minimum Gasteiger partial charge on any atom is -0.381 e. The first-order valence-corrected chi connectivity index (χ1v) is 10.3. The number of halogens is 3. The molecule has 1 aliphatic heterocycles. The minimum atomic E-state index is -4.30. The summed E-state index contributed by atoms with van der Waals surface area (Å²) in [6, 6.07) is 5.95. The Labute approximate surface area is 178 Å². The number of rotatable bonds is 7. The van der Waals surface area contributed by atoms with Crippen molar-refractivity contribution in [3.8, 4) is 0 Å². The van der Waals surface area contributed by atoms with Crippen molar-refractivity contribution in [3.05, 3.63) is 41.7 Å². The van der Waals surface area contributed by atoms with Gasteiger partial charge in [0.1, 0.15) is 12.4 Å². The number of aryl methyl sites for hydroxylation is 1. The molecule has 3 aromatic rings. The lowest BCUT2D eigenvalue weighted by atomic mass is 10.0. The number of alkyl halides is 3. The van der Waals surface area contributed by atoms with Crippen LogP contribution in [0.5, 0.6) is 0 Å². The van der Waals surface area contributed by atoms with Gasteiger partial charge < -0.3 is 15.4 Å². The maximum absolute atomic E-state index is 12.5. The monoisotopic (exact) mass is 434 g/mol. The molecule has 166 valence electrons. The highest BCUT2D eigenvalue weighted by atomic mass is 19.4. The fraction of sp³-hybridized carbons (Fsp3) is 0.476. The van der Waals surface area contributed by atoms with E-state index in [2.05, 4.69) is 25.7 Å². The van der Waals surface area contributed by atoms with Crippen molar-refractivity contribution in [3.63, 3.8) is 0 Å². The van der Waals surface area contributed by atoms with Crippen LogP contribution in [0.1, 0.15) is 24.0 Å². The molecule has 0 unspecified atom stereocenters. The summed E-state index contributed by atoms with van der Waals surface area (Å²) in [5, 5.41) is 11.3. The van der Waals surface area contributed by atoms with E-state index in [9.17, 15) is 13.2 Å². The number of para-hydroxylation sites is 1. The average molecular weight is 434 g/mol. The Hall–Kier alpha value is -2.88. The van der Waals surface area contributed by atoms with Gasteiger partial charge in [-0.1, -0.05) is 12.1 Å². The highest BCUT2D eigenvalue weighted by molar-refractivity contribution is 5.92. The maximum atomic E-state index is 12.5. The van der Waals surface area contributed by atoms with Gasteiger partial charge in [-0.3, -0.25) is 4.68 Å². The van der Waals surface area contributed by atoms with E-state index >= 15 is 0 Å². The molecule has 0 radical (unpaired) electrons. The Kier molecular flexibility index (Phi) is 6.26. The molecule has 31 heavy (non-hydrogen) atoms. The summed E-state index contributed by atoms with van der Waals surface area (Å²) >= 11 is 0. The van der Waals surface area contributed by atoms with Crippen LogP contribution in [0.4, 0.5) is 24.9 Å². The van der Waals surface area contributed by atoms with Crippen LogP contribution in [0.25, 0.3) is 10.9 Å². The zero-order chi connectivity index (χ0) is 21.8. The van der Waals surface area contributed by atoms with Crippen molar-refractivity contribution in [2.45, 2.75) is 39.0 Å². The maximum Gasteiger partial charge on any atom is 0.408 e. The third kappa shape index (κ3) is 5.63. The highest BCUT2D eigenvalue weighted by Gasteiger charge is 2.28. The van der Waals surface area contributed by atoms with Crippen LogP contribution < -0.4 is 10.6 Å². The number of fused-ring (bicyclic) bond motifs is 1. The van der Waals surface area contributed by atoms with Crippen LogP contribution in [0.2, 0.25) is 0 Å². The van der Waals surface area contributed by atoms with Gasteiger partial charge in [-0.25, -0.2) is 4.98 Å². The van der Waals surface area contributed by atoms with Crippen molar-refractivity contribution in [2.24, 2.45) is 5.92 Å². The molecule has 0 bridgehead atoms. The van der Waals surface area contributed by atoms with Gasteiger partial charge in [-0.15, -0.1) is 0 Å². The fourth-order valence-corrected chi connectivity index (χ4v) is 3.65. The van der Waals surface area contributed by atoms with Crippen molar-refractivity contribution in [1.29, 1.82) is 0 Å². The van der Waals surface area contributed by atoms with Gasteiger partial charge >= 0.3 is 6.18 Å². The van der Waals surface area contributed by atoms with Crippen molar-refractivity contribution in [1.82, 2.24) is 19.7 Å². The normalized spacial score (nSPS) is 15.4. The van der Waals surface area contributed by atoms with E-state index in [-0.39, 0.29) is 6.54 Å². The number of ether oxygens (including phenoxy) is 1. The van der Waals surface area contributed by atoms with Gasteiger partial charge in [-0.2, -0.15) is 23.3 Å². The lowest BCUT2D eigenvalue weighted by Gasteiger charge is -2.23. The summed E-state index contributed by atoms with van der Waals surface area (Å²) in [5.41, 5.74) is 2.48. The van der Waals surface area contributed by atoms with Crippen LogP contribution in [-0.4, -0.2) is 45.7 Å². The van der Waals surface area contributed by atoms with E-state index in [1.807, 2.05) is 25.1 Å². The molecule has 0 aliphatic carbocycles. The molecule has 0 atom stereocenters. The molecule has 0 spiro atoms. The first-order valence-electron chi connectivity index (χ1n) is 10.3. The first-order chi connectivity index (χ1) is 14.9. The number of hydrogen-bond donors (Lipinski definition) is 2. The van der Waals surface area contributed by atoms with E-state index in [0.717, 1.165) is 59.6 Å². The van der Waals surface area contributed by atoms with E-state index < -0.39 is 12.7 Å². The average Bonchev–Trinajstić information content (AvgIpc) is 3.17. The van der Waals surface area contributed by atoms with Gasteiger partial charge in [0.05, 0.1) is 11.7 Å². The molecular weight excluding hydrogens is 409 g/mol. The predicted octanol–water partition coefficient (Wildman–Crippen LogP) is 4.15. The van der Waals surface area contributed by atoms with Gasteiger partial charge in [0.25, 0.3) is 0 Å². The molecule has 0 saturated carbocycles. The molecule has 1 aliphatic rings. The topological polar surface area (TPSA) is 76.9 Å². The molecule has 10 heteroatoms. The van der Waals surface area contributed by atoms with Gasteiger partial charge in [-0.05, 0) is 37.3 Å². The van der Waals surface area contributed by atoms with E-state index in [4.69, 9.17) is 4.74 Å².